The number of guanidine groups is 1. The van der Waals surface area contributed by atoms with Gasteiger partial charge in [0, 0.05) is 26.2 Å². The van der Waals surface area contributed by atoms with Gasteiger partial charge in [0.1, 0.15) is 0 Å². The number of rotatable bonds is 5. The molecule has 2 aliphatic heterocycles. The number of hydrogen-bond acceptors (Lipinski definition) is 4. The molecule has 6 nitrogen and oxygen atoms in total. The van der Waals surface area contributed by atoms with Crippen molar-refractivity contribution in [3.63, 3.8) is 0 Å². The van der Waals surface area contributed by atoms with Crippen LogP contribution >= 0.6 is 0 Å². The Kier molecular flexibility index (Phi) is 5.80. The van der Waals surface area contributed by atoms with Crippen molar-refractivity contribution in [3.8, 4) is 11.5 Å². The quantitative estimate of drug-likeness (QED) is 0.662. The fraction of sp³-hybridized carbons (Fsp3) is 0.611. The Morgan fingerprint density at radius 2 is 2.04 bits per heavy atom. The molecule has 1 fully saturated rings. The van der Waals surface area contributed by atoms with Gasteiger partial charge in [-0.3, -0.25) is 0 Å². The van der Waals surface area contributed by atoms with Gasteiger partial charge in [-0.05, 0) is 44.4 Å². The molecule has 0 spiro atoms. The summed E-state index contributed by atoms with van der Waals surface area (Å²) < 4.78 is 16.5. The third-order valence-corrected chi connectivity index (χ3v) is 4.33. The molecule has 0 unspecified atom stereocenters. The van der Waals surface area contributed by atoms with Crippen LogP contribution in [0, 0.1) is 0 Å². The van der Waals surface area contributed by atoms with Crippen molar-refractivity contribution >= 4 is 5.96 Å². The number of piperidine rings is 1. The molecule has 24 heavy (non-hydrogen) atoms. The number of hydrogen-bond donors (Lipinski definition) is 1. The first-order valence-corrected chi connectivity index (χ1v) is 8.83. The Labute approximate surface area is 143 Å². The Balaban J connectivity index is 1.61. The van der Waals surface area contributed by atoms with E-state index in [1.165, 1.54) is 0 Å². The third kappa shape index (κ3) is 4.12. The molecule has 2 heterocycles. The van der Waals surface area contributed by atoms with Crippen molar-refractivity contribution in [2.24, 2.45) is 4.99 Å². The van der Waals surface area contributed by atoms with Crippen LogP contribution in [0.25, 0.3) is 0 Å². The third-order valence-electron chi connectivity index (χ3n) is 4.33. The first-order chi connectivity index (χ1) is 11.8. The highest BCUT2D eigenvalue weighted by molar-refractivity contribution is 5.80. The number of benzene rings is 1. The lowest BCUT2D eigenvalue weighted by Gasteiger charge is -2.34. The molecule has 6 heteroatoms. The van der Waals surface area contributed by atoms with E-state index in [1.54, 1.807) is 0 Å². The molecule has 0 radical (unpaired) electrons. The first-order valence-electron chi connectivity index (χ1n) is 8.83. The lowest BCUT2D eigenvalue weighted by molar-refractivity contribution is 0.0263. The first kappa shape index (κ1) is 16.9. The van der Waals surface area contributed by atoms with Crippen LogP contribution in [-0.4, -0.2) is 50.0 Å². The molecule has 2 aliphatic rings. The standard InChI is InChI=1S/C18H27N3O3/c1-3-19-18(21-9-7-15(8-10-21)22-4-2)20-12-14-5-6-16-17(11-14)24-13-23-16/h5-6,11,15H,3-4,7-10,12-13H2,1-2H3,(H,19,20). The van der Waals surface area contributed by atoms with E-state index in [0.717, 1.165) is 62.1 Å². The van der Waals surface area contributed by atoms with E-state index in [-0.39, 0.29) is 0 Å². The summed E-state index contributed by atoms with van der Waals surface area (Å²) in [6.07, 6.45) is 2.51. The SMILES string of the molecule is CCNC(=NCc1ccc2c(c1)OCO2)N1CCC(OCC)CC1. The predicted octanol–water partition coefficient (Wildman–Crippen LogP) is 2.38. The number of nitrogens with zero attached hydrogens (tertiary/aromatic N) is 2. The average Bonchev–Trinajstić information content (AvgIpc) is 3.07. The maximum Gasteiger partial charge on any atom is 0.231 e. The molecular weight excluding hydrogens is 306 g/mol. The van der Waals surface area contributed by atoms with Gasteiger partial charge in [0.25, 0.3) is 0 Å². The van der Waals surface area contributed by atoms with E-state index in [9.17, 15) is 0 Å². The summed E-state index contributed by atoms with van der Waals surface area (Å²) in [7, 11) is 0. The molecule has 0 aliphatic carbocycles. The van der Waals surface area contributed by atoms with Gasteiger partial charge < -0.3 is 24.4 Å². The van der Waals surface area contributed by atoms with E-state index in [2.05, 4.69) is 24.1 Å². The Hall–Kier alpha value is -1.95. The lowest BCUT2D eigenvalue weighted by Crippen LogP contribution is -2.47. The van der Waals surface area contributed by atoms with Crippen molar-refractivity contribution in [2.45, 2.75) is 39.3 Å². The maximum absolute atomic E-state index is 5.73. The summed E-state index contributed by atoms with van der Waals surface area (Å²) in [6.45, 7) is 8.72. The molecule has 0 atom stereocenters. The zero-order valence-electron chi connectivity index (χ0n) is 14.6. The highest BCUT2D eigenvalue weighted by atomic mass is 16.7. The highest BCUT2D eigenvalue weighted by Crippen LogP contribution is 2.32. The Morgan fingerprint density at radius 3 is 2.79 bits per heavy atom. The summed E-state index contributed by atoms with van der Waals surface area (Å²) >= 11 is 0. The van der Waals surface area contributed by atoms with Crippen molar-refractivity contribution in [1.82, 2.24) is 10.2 Å². The van der Waals surface area contributed by atoms with E-state index >= 15 is 0 Å². The minimum absolute atomic E-state index is 0.305. The van der Waals surface area contributed by atoms with Crippen LogP contribution < -0.4 is 14.8 Å². The van der Waals surface area contributed by atoms with Crippen LogP contribution in [0.4, 0.5) is 0 Å². The molecular formula is C18H27N3O3. The van der Waals surface area contributed by atoms with Gasteiger partial charge in [-0.15, -0.1) is 0 Å². The zero-order chi connectivity index (χ0) is 16.8. The van der Waals surface area contributed by atoms with E-state index in [0.29, 0.717) is 19.4 Å². The summed E-state index contributed by atoms with van der Waals surface area (Å²) in [5.41, 5.74) is 1.12. The van der Waals surface area contributed by atoms with Crippen molar-refractivity contribution in [2.75, 3.05) is 33.0 Å². The minimum Gasteiger partial charge on any atom is -0.454 e. The van der Waals surface area contributed by atoms with Gasteiger partial charge in [0.2, 0.25) is 6.79 Å². The molecule has 1 aromatic rings. The second-order valence-corrected chi connectivity index (χ2v) is 6.00. The molecule has 0 bridgehead atoms. The van der Waals surface area contributed by atoms with Crippen molar-refractivity contribution in [3.05, 3.63) is 23.8 Å². The number of aliphatic imine (C=N–C) groups is 1. The fourth-order valence-electron chi connectivity index (χ4n) is 3.10. The van der Waals surface area contributed by atoms with Crippen LogP contribution in [0.5, 0.6) is 11.5 Å². The molecule has 3 rings (SSSR count). The second kappa shape index (κ2) is 8.24. The van der Waals surface area contributed by atoms with Crippen LogP contribution in [0.3, 0.4) is 0 Å². The summed E-state index contributed by atoms with van der Waals surface area (Å²) in [6, 6.07) is 6.01. The number of likely N-dealkylation sites (tertiary alicyclic amines) is 1. The largest absolute Gasteiger partial charge is 0.454 e. The molecule has 0 saturated carbocycles. The van der Waals surface area contributed by atoms with Crippen LogP contribution in [0.2, 0.25) is 0 Å². The zero-order valence-corrected chi connectivity index (χ0v) is 14.6. The van der Waals surface area contributed by atoms with Crippen molar-refractivity contribution in [1.29, 1.82) is 0 Å². The topological polar surface area (TPSA) is 55.3 Å². The molecule has 1 saturated heterocycles. The Bertz CT molecular complexity index is 569. The molecule has 1 N–H and O–H groups in total. The number of fused-ring (bicyclic) bond motifs is 1. The van der Waals surface area contributed by atoms with E-state index < -0.39 is 0 Å². The summed E-state index contributed by atoms with van der Waals surface area (Å²) in [5, 5.41) is 3.40. The summed E-state index contributed by atoms with van der Waals surface area (Å²) in [4.78, 5) is 7.12. The van der Waals surface area contributed by atoms with Crippen LogP contribution in [0.1, 0.15) is 32.3 Å². The molecule has 0 aromatic heterocycles. The van der Waals surface area contributed by atoms with Gasteiger partial charge in [0.15, 0.2) is 17.5 Å². The second-order valence-electron chi connectivity index (χ2n) is 6.00. The normalized spacial score (nSPS) is 18.1. The maximum atomic E-state index is 5.73. The van der Waals surface area contributed by atoms with E-state index in [1.807, 2.05) is 18.2 Å². The lowest BCUT2D eigenvalue weighted by atomic mass is 10.1. The average molecular weight is 333 g/mol. The van der Waals surface area contributed by atoms with Gasteiger partial charge in [-0.25, -0.2) is 4.99 Å². The predicted molar refractivity (Wildman–Crippen MR) is 93.6 cm³/mol. The molecule has 1 aromatic carbocycles. The van der Waals surface area contributed by atoms with Gasteiger partial charge in [-0.1, -0.05) is 6.07 Å². The highest BCUT2D eigenvalue weighted by Gasteiger charge is 2.21. The number of ether oxygens (including phenoxy) is 3. The fourth-order valence-corrected chi connectivity index (χ4v) is 3.10. The summed E-state index contributed by atoms with van der Waals surface area (Å²) in [5.74, 6) is 2.60. The van der Waals surface area contributed by atoms with Gasteiger partial charge in [0.05, 0.1) is 12.6 Å². The van der Waals surface area contributed by atoms with Crippen molar-refractivity contribution < 1.29 is 14.2 Å². The Morgan fingerprint density at radius 1 is 1.25 bits per heavy atom. The van der Waals surface area contributed by atoms with Gasteiger partial charge >= 0.3 is 0 Å². The van der Waals surface area contributed by atoms with Crippen LogP contribution in [-0.2, 0) is 11.3 Å². The minimum atomic E-state index is 0.305. The smallest absolute Gasteiger partial charge is 0.231 e. The monoisotopic (exact) mass is 333 g/mol. The number of nitrogens with one attached hydrogen (secondary N) is 1. The van der Waals surface area contributed by atoms with E-state index in [4.69, 9.17) is 19.2 Å². The van der Waals surface area contributed by atoms with Crippen LogP contribution in [0.15, 0.2) is 23.2 Å². The molecule has 0 amide bonds. The van der Waals surface area contributed by atoms with Gasteiger partial charge in [-0.2, -0.15) is 0 Å². The molecule has 132 valence electrons.